The largest absolute Gasteiger partial charge is 0.387 e. The molecule has 4 aliphatic rings. The Kier molecular flexibility index (Phi) is 9.26. The Morgan fingerprint density at radius 1 is 1.16 bits per heavy atom. The zero-order chi connectivity index (χ0) is 32.7. The third-order valence-electron chi connectivity index (χ3n) is 8.78. The topological polar surface area (TPSA) is 146 Å². The molecule has 2 aliphatic heterocycles. The summed E-state index contributed by atoms with van der Waals surface area (Å²) in [5.74, 6) is -3.99. The average Bonchev–Trinajstić information content (AvgIpc) is 3.87. The van der Waals surface area contributed by atoms with E-state index < -0.39 is 70.6 Å². The molecule has 0 radical (unpaired) electrons. The highest BCUT2D eigenvalue weighted by Crippen LogP contribution is 2.41. The van der Waals surface area contributed by atoms with E-state index in [1.807, 2.05) is 13.0 Å². The van der Waals surface area contributed by atoms with Gasteiger partial charge < -0.3 is 25.7 Å². The van der Waals surface area contributed by atoms with E-state index >= 15 is 0 Å². The molecule has 2 heterocycles. The molecule has 244 valence electrons. The molecule has 45 heavy (non-hydrogen) atoms. The fraction of sp³-hybridized carbons (Fsp3) is 0.625. The number of halogens is 2. The number of carbonyl (C=O) groups excluding carboxylic acids is 5. The lowest BCUT2D eigenvalue weighted by molar-refractivity contribution is -0.145. The number of hydrogen-bond donors (Lipinski definition) is 3. The Hall–Kier alpha value is -3.54. The van der Waals surface area contributed by atoms with Crippen molar-refractivity contribution in [2.24, 2.45) is 16.5 Å². The normalized spacial score (nSPS) is 26.8. The Labute approximate surface area is 267 Å². The van der Waals surface area contributed by atoms with E-state index in [9.17, 15) is 28.4 Å². The first-order valence-electron chi connectivity index (χ1n) is 15.6. The summed E-state index contributed by atoms with van der Waals surface area (Å²) in [5.41, 5.74) is -0.503. The number of carbonyl (C=O) groups is 5. The number of alkyl halides is 1. The van der Waals surface area contributed by atoms with Gasteiger partial charge in [-0.3, -0.25) is 24.0 Å². The second-order valence-electron chi connectivity index (χ2n) is 13.8. The Morgan fingerprint density at radius 3 is 2.47 bits per heavy atom. The molecule has 0 bridgehead atoms. The van der Waals surface area contributed by atoms with Crippen LogP contribution in [0.2, 0.25) is 5.02 Å². The van der Waals surface area contributed by atoms with Crippen LogP contribution in [0.3, 0.4) is 0 Å². The molecule has 6 atom stereocenters. The molecule has 1 aromatic rings. The lowest BCUT2D eigenvalue weighted by Crippen LogP contribution is -2.59. The summed E-state index contributed by atoms with van der Waals surface area (Å²) in [7, 11) is 0. The molecule has 1 spiro atoms. The van der Waals surface area contributed by atoms with E-state index in [1.54, 1.807) is 39.0 Å². The summed E-state index contributed by atoms with van der Waals surface area (Å²) >= 11 is 6.20. The van der Waals surface area contributed by atoms with Gasteiger partial charge >= 0.3 is 0 Å². The molecule has 1 aromatic carbocycles. The minimum Gasteiger partial charge on any atom is -0.387 e. The molecular weight excluding hydrogens is 605 g/mol. The van der Waals surface area contributed by atoms with Crippen LogP contribution >= 0.6 is 11.6 Å². The van der Waals surface area contributed by atoms with Crippen LogP contribution in [0.1, 0.15) is 78.2 Å². The van der Waals surface area contributed by atoms with Crippen molar-refractivity contribution in [3.8, 4) is 0 Å². The van der Waals surface area contributed by atoms with Crippen molar-refractivity contribution in [3.63, 3.8) is 0 Å². The Balaban J connectivity index is 1.40. The lowest BCUT2D eigenvalue weighted by atomic mass is 9.85. The molecule has 2 aliphatic carbocycles. The number of nitrogens with zero attached hydrogens (tertiary/aromatic N) is 2. The van der Waals surface area contributed by atoms with Crippen molar-refractivity contribution in [1.82, 2.24) is 20.9 Å². The maximum absolute atomic E-state index is 14.3. The Bertz CT molecular complexity index is 1410. The maximum Gasteiger partial charge on any atom is 0.289 e. The standard InChI is InChI=1S/C32H41ClFN5O6/c1-5-7-22(25(40)29(43)35-19-10-11-19)36-28(42)24-15-32(14-23(38-45-32)17-8-6-9-18(33)12-17)16-39(24)30(44)26(31(2,3)4)37-27(41)20-13-21(20)34/h6,8-9,12,19-22,24,26H,5,7,10-11,13-16H2,1-4H3,(H,35,43)(H,36,42)(H,37,41)/t20?,21-,22-,24?,26+,32+/m0/s1. The molecule has 3 N–H and O–H groups in total. The second kappa shape index (κ2) is 12.7. The van der Waals surface area contributed by atoms with Crippen molar-refractivity contribution in [1.29, 1.82) is 0 Å². The summed E-state index contributed by atoms with van der Waals surface area (Å²) in [4.78, 5) is 74.0. The SMILES string of the molecule is CCC[C@H](NC(=O)C1C[C@]2(CC(c3cccc(Cl)c3)=NO2)CN1C(=O)[C@@H](NC(=O)C1C[C@@H]1F)C(C)(C)C)C(=O)C(=O)NC1CC1. The number of ketones is 1. The fourth-order valence-corrected chi connectivity index (χ4v) is 6.11. The maximum atomic E-state index is 14.3. The van der Waals surface area contributed by atoms with Gasteiger partial charge in [0.2, 0.25) is 23.5 Å². The molecule has 2 saturated carbocycles. The highest BCUT2D eigenvalue weighted by molar-refractivity contribution is 6.38. The summed E-state index contributed by atoms with van der Waals surface area (Å²) < 4.78 is 13.7. The van der Waals surface area contributed by atoms with Crippen molar-refractivity contribution in [3.05, 3.63) is 34.9 Å². The number of nitrogens with one attached hydrogen (secondary N) is 3. The number of likely N-dealkylation sites (tertiary alicyclic amines) is 1. The van der Waals surface area contributed by atoms with Crippen LogP contribution in [0, 0.1) is 11.3 Å². The van der Waals surface area contributed by atoms with E-state index in [4.69, 9.17) is 16.4 Å². The van der Waals surface area contributed by atoms with Gasteiger partial charge in [-0.1, -0.05) is 63.0 Å². The first-order valence-corrected chi connectivity index (χ1v) is 16.0. The molecule has 13 heteroatoms. The molecule has 3 fully saturated rings. The fourth-order valence-electron chi connectivity index (χ4n) is 5.92. The van der Waals surface area contributed by atoms with Crippen LogP contribution in [-0.4, -0.2) is 82.5 Å². The molecule has 2 unspecified atom stereocenters. The zero-order valence-corrected chi connectivity index (χ0v) is 26.8. The minimum absolute atomic E-state index is 0.0241. The highest BCUT2D eigenvalue weighted by Gasteiger charge is 2.56. The first-order chi connectivity index (χ1) is 21.2. The van der Waals surface area contributed by atoms with Gasteiger partial charge in [0.25, 0.3) is 5.91 Å². The van der Waals surface area contributed by atoms with Gasteiger partial charge in [0, 0.05) is 29.5 Å². The highest BCUT2D eigenvalue weighted by atomic mass is 35.5. The molecular formula is C32H41ClFN5O6. The van der Waals surface area contributed by atoms with Crippen LogP contribution in [0.25, 0.3) is 0 Å². The quantitative estimate of drug-likeness (QED) is 0.316. The number of amides is 4. The van der Waals surface area contributed by atoms with Crippen LogP contribution in [0.4, 0.5) is 4.39 Å². The third-order valence-corrected chi connectivity index (χ3v) is 9.01. The summed E-state index contributed by atoms with van der Waals surface area (Å²) in [6.45, 7) is 7.14. The predicted octanol–water partition coefficient (Wildman–Crippen LogP) is 2.83. The van der Waals surface area contributed by atoms with Crippen molar-refractivity contribution in [2.45, 2.75) is 109 Å². The summed E-state index contributed by atoms with van der Waals surface area (Å²) in [6, 6.07) is 3.84. The summed E-state index contributed by atoms with van der Waals surface area (Å²) in [5, 5.41) is 13.0. The average molecular weight is 646 g/mol. The van der Waals surface area contributed by atoms with Crippen molar-refractivity contribution < 1.29 is 33.2 Å². The molecule has 11 nitrogen and oxygen atoms in total. The van der Waals surface area contributed by atoms with E-state index in [2.05, 4.69) is 21.1 Å². The van der Waals surface area contributed by atoms with Gasteiger partial charge in [-0.25, -0.2) is 4.39 Å². The van der Waals surface area contributed by atoms with Gasteiger partial charge in [-0.05, 0) is 43.2 Å². The van der Waals surface area contributed by atoms with Crippen molar-refractivity contribution >= 4 is 46.7 Å². The minimum atomic E-state index is -1.24. The molecule has 5 rings (SSSR count). The number of benzene rings is 1. The Morgan fingerprint density at radius 2 is 1.87 bits per heavy atom. The van der Waals surface area contributed by atoms with Crippen molar-refractivity contribution in [2.75, 3.05) is 6.54 Å². The van der Waals surface area contributed by atoms with Gasteiger partial charge in [0.15, 0.2) is 5.60 Å². The number of Topliss-reactive ketones (excluding diaryl/α,β-unsaturated/α-hetero) is 1. The molecule has 1 saturated heterocycles. The second-order valence-corrected chi connectivity index (χ2v) is 14.2. The molecule has 4 amide bonds. The van der Waals surface area contributed by atoms with E-state index in [1.165, 1.54) is 4.90 Å². The van der Waals surface area contributed by atoms with Gasteiger partial charge in [0.05, 0.1) is 24.2 Å². The number of hydrogen-bond acceptors (Lipinski definition) is 7. The van der Waals surface area contributed by atoms with Crippen LogP contribution in [0.5, 0.6) is 0 Å². The zero-order valence-electron chi connectivity index (χ0n) is 26.0. The number of oxime groups is 1. The van der Waals surface area contributed by atoms with E-state index in [0.717, 1.165) is 18.4 Å². The van der Waals surface area contributed by atoms with Crippen LogP contribution in [-0.2, 0) is 28.8 Å². The monoisotopic (exact) mass is 645 g/mol. The molecule has 0 aromatic heterocycles. The van der Waals surface area contributed by atoms with Crippen LogP contribution < -0.4 is 16.0 Å². The van der Waals surface area contributed by atoms with Crippen LogP contribution in [0.15, 0.2) is 29.4 Å². The predicted molar refractivity (Wildman–Crippen MR) is 164 cm³/mol. The van der Waals surface area contributed by atoms with E-state index in [-0.39, 0.29) is 38.3 Å². The third kappa shape index (κ3) is 7.48. The lowest BCUT2D eigenvalue weighted by Gasteiger charge is -2.35. The van der Waals surface area contributed by atoms with Gasteiger partial charge in [0.1, 0.15) is 18.3 Å². The van der Waals surface area contributed by atoms with E-state index in [0.29, 0.717) is 17.2 Å². The number of rotatable bonds is 11. The van der Waals surface area contributed by atoms with Gasteiger partial charge in [-0.2, -0.15) is 0 Å². The summed E-state index contributed by atoms with van der Waals surface area (Å²) in [6.07, 6.45) is 1.57. The first kappa shape index (κ1) is 32.8. The van der Waals surface area contributed by atoms with Gasteiger partial charge in [-0.15, -0.1) is 0 Å². The smallest absolute Gasteiger partial charge is 0.289 e.